The van der Waals surface area contributed by atoms with Gasteiger partial charge in [0.1, 0.15) is 0 Å². The second kappa shape index (κ2) is 11.3. The van der Waals surface area contributed by atoms with E-state index in [9.17, 15) is 4.79 Å². The standard InChI is InChI=1S/C15H29NO2/c1-5-8-11-14(4)15(17)18-16(12-9-6-2)13-10-7-3/h4-13H2,1-3H3. The van der Waals surface area contributed by atoms with Crippen molar-refractivity contribution in [1.29, 1.82) is 0 Å². The molecule has 0 aromatic rings. The maximum atomic E-state index is 11.8. The Kier molecular flexibility index (Phi) is 10.8. The van der Waals surface area contributed by atoms with E-state index in [1.165, 1.54) is 0 Å². The number of hydrogen-bond donors (Lipinski definition) is 0. The van der Waals surface area contributed by atoms with Gasteiger partial charge in [-0.05, 0) is 25.7 Å². The summed E-state index contributed by atoms with van der Waals surface area (Å²) in [6.07, 6.45) is 7.13. The number of unbranched alkanes of at least 4 members (excludes halogenated alkanes) is 3. The molecule has 0 saturated carbocycles. The Balaban J connectivity index is 4.10. The summed E-state index contributed by atoms with van der Waals surface area (Å²) in [4.78, 5) is 17.2. The summed E-state index contributed by atoms with van der Waals surface area (Å²) in [6.45, 7) is 11.8. The molecule has 0 rings (SSSR count). The third kappa shape index (κ3) is 8.29. The van der Waals surface area contributed by atoms with Crippen LogP contribution in [-0.4, -0.2) is 24.1 Å². The molecule has 3 heteroatoms. The topological polar surface area (TPSA) is 29.5 Å². The first-order valence-corrected chi connectivity index (χ1v) is 7.30. The second-order valence-corrected chi connectivity index (χ2v) is 4.72. The molecule has 3 nitrogen and oxygen atoms in total. The minimum Gasteiger partial charge on any atom is -0.364 e. The number of nitrogens with zero attached hydrogens (tertiary/aromatic N) is 1. The number of hydrogen-bond acceptors (Lipinski definition) is 3. The number of rotatable bonds is 11. The number of carbonyl (C=O) groups is 1. The summed E-state index contributed by atoms with van der Waals surface area (Å²) in [5, 5.41) is 1.80. The minimum absolute atomic E-state index is 0.254. The minimum atomic E-state index is -0.254. The normalized spacial score (nSPS) is 10.7. The van der Waals surface area contributed by atoms with Crippen LogP contribution in [0, 0.1) is 0 Å². The Morgan fingerprint density at radius 1 is 1.00 bits per heavy atom. The Hall–Kier alpha value is -0.830. The molecule has 0 radical (unpaired) electrons. The molecule has 0 spiro atoms. The van der Waals surface area contributed by atoms with Crippen molar-refractivity contribution in [3.8, 4) is 0 Å². The van der Waals surface area contributed by atoms with Crippen LogP contribution in [0.25, 0.3) is 0 Å². The maximum absolute atomic E-state index is 11.8. The van der Waals surface area contributed by atoms with Crippen LogP contribution in [0.4, 0.5) is 0 Å². The zero-order chi connectivity index (χ0) is 13.8. The molecule has 0 aromatic carbocycles. The molecule has 0 aliphatic carbocycles. The monoisotopic (exact) mass is 255 g/mol. The fraction of sp³-hybridized carbons (Fsp3) is 0.800. The van der Waals surface area contributed by atoms with E-state index in [1.54, 1.807) is 5.06 Å². The van der Waals surface area contributed by atoms with E-state index >= 15 is 0 Å². The highest BCUT2D eigenvalue weighted by Crippen LogP contribution is 2.09. The van der Waals surface area contributed by atoms with E-state index in [4.69, 9.17) is 4.84 Å². The van der Waals surface area contributed by atoms with Crippen LogP contribution in [0.2, 0.25) is 0 Å². The van der Waals surface area contributed by atoms with E-state index in [2.05, 4.69) is 27.4 Å². The molecule has 0 aliphatic rings. The third-order valence-electron chi connectivity index (χ3n) is 2.85. The van der Waals surface area contributed by atoms with E-state index in [1.807, 2.05) is 0 Å². The lowest BCUT2D eigenvalue weighted by molar-refractivity contribution is -0.186. The van der Waals surface area contributed by atoms with Crippen molar-refractivity contribution >= 4 is 5.97 Å². The average molecular weight is 255 g/mol. The summed E-state index contributed by atoms with van der Waals surface area (Å²) in [5.74, 6) is -0.254. The van der Waals surface area contributed by atoms with Gasteiger partial charge < -0.3 is 4.84 Å². The largest absolute Gasteiger partial charge is 0.364 e. The lowest BCUT2D eigenvalue weighted by Crippen LogP contribution is -2.30. The van der Waals surface area contributed by atoms with E-state index in [-0.39, 0.29) is 5.97 Å². The molecule has 106 valence electrons. The number of hydroxylamine groups is 2. The molecular formula is C15H29NO2. The summed E-state index contributed by atoms with van der Waals surface area (Å²) >= 11 is 0. The van der Waals surface area contributed by atoms with Gasteiger partial charge >= 0.3 is 5.97 Å². The van der Waals surface area contributed by atoms with E-state index < -0.39 is 0 Å². The van der Waals surface area contributed by atoms with Crippen molar-refractivity contribution in [2.75, 3.05) is 13.1 Å². The van der Waals surface area contributed by atoms with Gasteiger partial charge in [-0.15, -0.1) is 5.06 Å². The first-order chi connectivity index (χ1) is 8.65. The predicted octanol–water partition coefficient (Wildman–Crippen LogP) is 4.09. The fourth-order valence-corrected chi connectivity index (χ4v) is 1.55. The highest BCUT2D eigenvalue weighted by atomic mass is 16.7. The maximum Gasteiger partial charge on any atom is 0.352 e. The van der Waals surface area contributed by atoms with Crippen LogP contribution in [0.15, 0.2) is 12.2 Å². The van der Waals surface area contributed by atoms with Gasteiger partial charge in [0.05, 0.1) is 0 Å². The quantitative estimate of drug-likeness (QED) is 0.411. The molecule has 18 heavy (non-hydrogen) atoms. The van der Waals surface area contributed by atoms with Gasteiger partial charge in [0.2, 0.25) is 0 Å². The van der Waals surface area contributed by atoms with E-state index in [0.717, 1.165) is 58.0 Å². The van der Waals surface area contributed by atoms with Crippen molar-refractivity contribution in [1.82, 2.24) is 5.06 Å². The molecule has 0 fully saturated rings. The smallest absolute Gasteiger partial charge is 0.352 e. The molecule has 0 saturated heterocycles. The Morgan fingerprint density at radius 2 is 1.50 bits per heavy atom. The molecule has 0 amide bonds. The Morgan fingerprint density at radius 3 is 1.94 bits per heavy atom. The average Bonchev–Trinajstić information content (AvgIpc) is 2.38. The first-order valence-electron chi connectivity index (χ1n) is 7.30. The fourth-order valence-electron chi connectivity index (χ4n) is 1.55. The zero-order valence-electron chi connectivity index (χ0n) is 12.3. The van der Waals surface area contributed by atoms with Gasteiger partial charge in [-0.25, -0.2) is 4.79 Å². The summed E-state index contributed by atoms with van der Waals surface area (Å²) < 4.78 is 0. The Labute approximate surface area is 112 Å². The molecule has 0 unspecified atom stereocenters. The SMILES string of the molecule is C=C(CCCC)C(=O)ON(CCCC)CCCC. The van der Waals surface area contributed by atoms with Crippen LogP contribution in [-0.2, 0) is 9.63 Å². The highest BCUT2D eigenvalue weighted by molar-refractivity contribution is 5.87. The second-order valence-electron chi connectivity index (χ2n) is 4.72. The van der Waals surface area contributed by atoms with Crippen molar-refractivity contribution in [2.24, 2.45) is 0 Å². The molecule has 0 atom stereocenters. The van der Waals surface area contributed by atoms with E-state index in [0.29, 0.717) is 5.57 Å². The predicted molar refractivity (Wildman–Crippen MR) is 76.1 cm³/mol. The van der Waals surface area contributed by atoms with Gasteiger partial charge in [-0.3, -0.25) is 0 Å². The highest BCUT2D eigenvalue weighted by Gasteiger charge is 2.13. The van der Waals surface area contributed by atoms with Crippen molar-refractivity contribution in [3.05, 3.63) is 12.2 Å². The van der Waals surface area contributed by atoms with Gasteiger partial charge in [-0.1, -0.05) is 46.6 Å². The first kappa shape index (κ1) is 17.2. The summed E-state index contributed by atoms with van der Waals surface area (Å²) in [5.41, 5.74) is 0.592. The van der Waals surface area contributed by atoms with Gasteiger partial charge in [0.25, 0.3) is 0 Å². The summed E-state index contributed by atoms with van der Waals surface area (Å²) in [6, 6.07) is 0. The third-order valence-corrected chi connectivity index (χ3v) is 2.85. The van der Waals surface area contributed by atoms with Crippen LogP contribution >= 0.6 is 0 Å². The number of carbonyl (C=O) groups excluding carboxylic acids is 1. The van der Waals surface area contributed by atoms with Gasteiger partial charge in [0.15, 0.2) is 0 Å². The van der Waals surface area contributed by atoms with Crippen LogP contribution in [0.5, 0.6) is 0 Å². The molecule has 0 aliphatic heterocycles. The summed E-state index contributed by atoms with van der Waals surface area (Å²) in [7, 11) is 0. The molecular weight excluding hydrogens is 226 g/mol. The zero-order valence-corrected chi connectivity index (χ0v) is 12.3. The van der Waals surface area contributed by atoms with Gasteiger partial charge in [-0.2, -0.15) is 0 Å². The van der Waals surface area contributed by atoms with Crippen molar-refractivity contribution in [3.63, 3.8) is 0 Å². The lowest BCUT2D eigenvalue weighted by Gasteiger charge is -2.21. The van der Waals surface area contributed by atoms with Crippen molar-refractivity contribution < 1.29 is 9.63 Å². The Bertz CT molecular complexity index is 231. The lowest BCUT2D eigenvalue weighted by atomic mass is 10.1. The molecule has 0 aromatic heterocycles. The van der Waals surface area contributed by atoms with Crippen molar-refractivity contribution in [2.45, 2.75) is 65.7 Å². The molecule has 0 N–H and O–H groups in total. The molecule has 0 bridgehead atoms. The van der Waals surface area contributed by atoms with Gasteiger partial charge in [0, 0.05) is 18.7 Å². The molecule has 0 heterocycles. The van der Waals surface area contributed by atoms with Crippen LogP contribution in [0.3, 0.4) is 0 Å². The van der Waals surface area contributed by atoms with Crippen LogP contribution in [0.1, 0.15) is 65.7 Å². The van der Waals surface area contributed by atoms with Crippen LogP contribution < -0.4 is 0 Å².